The van der Waals surface area contributed by atoms with E-state index in [0.29, 0.717) is 26.2 Å². The van der Waals surface area contributed by atoms with Crippen LogP contribution >= 0.6 is 24.8 Å². The molecule has 0 radical (unpaired) electrons. The second-order valence-electron chi connectivity index (χ2n) is 9.38. The first-order valence-electron chi connectivity index (χ1n) is 13.0. The summed E-state index contributed by atoms with van der Waals surface area (Å²) in [5.41, 5.74) is 18.5. The third-order valence-corrected chi connectivity index (χ3v) is 7.64. The number of amidine groups is 1. The largest absolute Gasteiger partial charge is 0.491 e. The molecule has 1 aromatic heterocycles. The lowest BCUT2D eigenvalue weighted by atomic mass is 9.95. The lowest BCUT2D eigenvalue weighted by Gasteiger charge is -2.13. The van der Waals surface area contributed by atoms with Gasteiger partial charge in [-0.15, -0.1) is 22.4 Å². The number of hydrogen-bond donors (Lipinski definition) is 2. The highest BCUT2D eigenvalue weighted by Gasteiger charge is 2.15. The molecular formula is C32H38N4O3S2. The van der Waals surface area contributed by atoms with Gasteiger partial charge in [-0.3, -0.25) is 0 Å². The number of nitrogens with one attached hydrogen (secondary N) is 1. The average molecular weight is 591 g/mol. The topological polar surface area (TPSA) is 102 Å². The number of nitrogens with two attached hydrogens (primary N) is 1. The van der Waals surface area contributed by atoms with Crippen LogP contribution in [-0.4, -0.2) is 26.2 Å². The van der Waals surface area contributed by atoms with E-state index in [0.717, 1.165) is 22.6 Å². The minimum absolute atomic E-state index is 0. The molecule has 1 atom stereocenters. The van der Waals surface area contributed by atoms with Crippen LogP contribution in [-0.2, 0) is 11.3 Å². The van der Waals surface area contributed by atoms with Gasteiger partial charge in [-0.25, -0.2) is 0 Å². The number of aryl methyl sites for hydroxylation is 2. The van der Waals surface area contributed by atoms with Gasteiger partial charge in [-0.05, 0) is 79.4 Å². The first-order chi connectivity index (χ1) is 19.4. The Balaban J connectivity index is 0.00000308. The van der Waals surface area contributed by atoms with Crippen LogP contribution in [0.3, 0.4) is 0 Å². The highest BCUT2D eigenvalue weighted by Crippen LogP contribution is 2.41. The average Bonchev–Trinajstić information content (AvgIpc) is 3.27. The first-order valence-corrected chi connectivity index (χ1v) is 13.8. The predicted octanol–water partition coefficient (Wildman–Crippen LogP) is 7.95. The Labute approximate surface area is 254 Å². The van der Waals surface area contributed by atoms with Gasteiger partial charge in [0.25, 0.3) is 0 Å². The van der Waals surface area contributed by atoms with E-state index in [9.17, 15) is 0 Å². The highest BCUT2D eigenvalue weighted by molar-refractivity contribution is 7.59. The molecule has 216 valence electrons. The van der Waals surface area contributed by atoms with Gasteiger partial charge in [-0.1, -0.05) is 35.4 Å². The van der Waals surface area contributed by atoms with E-state index >= 15 is 0 Å². The maximum atomic E-state index is 6.87. The fraction of sp³-hybridized carbons (Fsp3) is 0.281. The molecule has 0 aliphatic heterocycles. The SMILES string of the molecule is CC#C[C@@H](C/C(N)=N/N=N)c1ccc(OCc2ccc3sc(C)c(-c4ccc(OCCOC)cc4C)c3c2)cc1.S.[HH]. The van der Waals surface area contributed by atoms with Crippen LogP contribution in [0.15, 0.2) is 71.0 Å². The van der Waals surface area contributed by atoms with Crippen LogP contribution in [0.2, 0.25) is 0 Å². The molecule has 0 fully saturated rings. The molecule has 3 N–H and O–H groups in total. The number of nitrogens with zero attached hydrogens (tertiary/aromatic N) is 2. The zero-order valence-electron chi connectivity index (χ0n) is 23.8. The van der Waals surface area contributed by atoms with Crippen LogP contribution in [0.25, 0.3) is 21.2 Å². The summed E-state index contributed by atoms with van der Waals surface area (Å²) in [5.74, 6) is 7.88. The smallest absolute Gasteiger partial charge is 0.125 e. The Morgan fingerprint density at radius 1 is 1.02 bits per heavy atom. The van der Waals surface area contributed by atoms with E-state index < -0.39 is 0 Å². The van der Waals surface area contributed by atoms with E-state index in [2.05, 4.69) is 66.3 Å². The van der Waals surface area contributed by atoms with Crippen molar-refractivity contribution in [1.29, 1.82) is 5.53 Å². The summed E-state index contributed by atoms with van der Waals surface area (Å²) >= 11 is 1.81. The Hall–Kier alpha value is -3.84. The Kier molecular flexibility index (Phi) is 11.8. The molecule has 41 heavy (non-hydrogen) atoms. The third kappa shape index (κ3) is 8.10. The van der Waals surface area contributed by atoms with Gasteiger partial charge < -0.3 is 19.9 Å². The standard InChI is InChI=1S/C32H34N4O3S.H2S.H2/c1-5-6-25(19-31(33)35-36-34)24-8-10-26(11-9-24)39-20-23-7-14-30-29(18-23)32(22(3)40-30)28-13-12-27(17-21(28)2)38-16-15-37-4;;/h7-14,17-18,25H,15-16,19-20H2,1-4H3,(H3,33,34,35);1H2;1H/t25-;;/m0../s1. The molecule has 9 heteroatoms. The van der Waals surface area contributed by atoms with E-state index in [1.165, 1.54) is 31.7 Å². The summed E-state index contributed by atoms with van der Waals surface area (Å²) in [6, 6.07) is 20.7. The van der Waals surface area contributed by atoms with Crippen LogP contribution in [0.1, 0.15) is 42.3 Å². The molecular weight excluding hydrogens is 553 g/mol. The lowest BCUT2D eigenvalue weighted by molar-refractivity contribution is 0.146. The van der Waals surface area contributed by atoms with Crippen LogP contribution in [0.5, 0.6) is 11.5 Å². The van der Waals surface area contributed by atoms with E-state index in [-0.39, 0.29) is 26.7 Å². The molecule has 4 aromatic rings. The van der Waals surface area contributed by atoms with Gasteiger partial charge in [0, 0.05) is 35.5 Å². The minimum Gasteiger partial charge on any atom is -0.491 e. The number of methoxy groups -OCH3 is 1. The highest BCUT2D eigenvalue weighted by atomic mass is 32.1. The number of benzene rings is 3. The second-order valence-corrected chi connectivity index (χ2v) is 10.6. The molecule has 0 spiro atoms. The summed E-state index contributed by atoms with van der Waals surface area (Å²) in [7, 11) is 1.67. The van der Waals surface area contributed by atoms with Crippen molar-refractivity contribution in [3.8, 4) is 34.5 Å². The number of fused-ring (bicyclic) bond motifs is 1. The van der Waals surface area contributed by atoms with Crippen molar-refractivity contribution in [2.24, 2.45) is 16.1 Å². The zero-order chi connectivity index (χ0) is 28.5. The first kappa shape index (κ1) is 31.7. The summed E-state index contributed by atoms with van der Waals surface area (Å²) in [6.07, 6.45) is 0.412. The monoisotopic (exact) mass is 590 g/mol. The van der Waals surface area contributed by atoms with Crippen molar-refractivity contribution < 1.29 is 15.6 Å². The van der Waals surface area contributed by atoms with Crippen molar-refractivity contribution >= 4 is 40.8 Å². The molecule has 3 aromatic carbocycles. The summed E-state index contributed by atoms with van der Waals surface area (Å²) < 4.78 is 18.3. The third-order valence-electron chi connectivity index (χ3n) is 6.55. The summed E-state index contributed by atoms with van der Waals surface area (Å²) in [5, 5.41) is 7.85. The minimum atomic E-state index is -0.123. The maximum Gasteiger partial charge on any atom is 0.125 e. The quantitative estimate of drug-likeness (QED) is 0.0436. The van der Waals surface area contributed by atoms with Crippen molar-refractivity contribution in [3.63, 3.8) is 0 Å². The molecule has 1 heterocycles. The zero-order valence-corrected chi connectivity index (χ0v) is 25.6. The molecule has 0 bridgehead atoms. The van der Waals surface area contributed by atoms with Gasteiger partial charge >= 0.3 is 0 Å². The molecule has 0 saturated heterocycles. The lowest BCUT2D eigenvalue weighted by Crippen LogP contribution is -2.15. The number of ether oxygens (including phenoxy) is 3. The molecule has 4 rings (SSSR count). The maximum absolute atomic E-state index is 6.87. The number of hydrogen-bond acceptors (Lipinski definition) is 6. The van der Waals surface area contributed by atoms with Crippen LogP contribution in [0.4, 0.5) is 0 Å². The Morgan fingerprint density at radius 3 is 2.46 bits per heavy atom. The van der Waals surface area contributed by atoms with Gasteiger partial charge in [0.05, 0.1) is 12.5 Å². The fourth-order valence-corrected chi connectivity index (χ4v) is 5.70. The summed E-state index contributed by atoms with van der Waals surface area (Å²) in [6.45, 7) is 7.64. The molecule has 0 aliphatic carbocycles. The Morgan fingerprint density at radius 2 is 1.78 bits per heavy atom. The van der Waals surface area contributed by atoms with Crippen LogP contribution < -0.4 is 15.2 Å². The van der Waals surface area contributed by atoms with Gasteiger partial charge in [-0.2, -0.15) is 19.0 Å². The van der Waals surface area contributed by atoms with Crippen molar-refractivity contribution in [3.05, 3.63) is 82.2 Å². The molecule has 0 aliphatic rings. The normalized spacial score (nSPS) is 11.8. The van der Waals surface area contributed by atoms with Crippen molar-refractivity contribution in [2.75, 3.05) is 20.3 Å². The fourth-order valence-electron chi connectivity index (χ4n) is 4.64. The molecule has 0 amide bonds. The Bertz CT molecular complexity index is 1580. The van der Waals surface area contributed by atoms with Gasteiger partial charge in [0.2, 0.25) is 0 Å². The van der Waals surface area contributed by atoms with Gasteiger partial charge in [0.1, 0.15) is 30.5 Å². The van der Waals surface area contributed by atoms with Gasteiger partial charge in [0.15, 0.2) is 0 Å². The second kappa shape index (κ2) is 15.2. The summed E-state index contributed by atoms with van der Waals surface area (Å²) in [4.78, 5) is 1.28. The van der Waals surface area contributed by atoms with Crippen LogP contribution in [0, 0.1) is 31.2 Å². The molecule has 0 saturated carbocycles. The van der Waals surface area contributed by atoms with E-state index in [1.807, 2.05) is 41.7 Å². The van der Waals surface area contributed by atoms with Crippen molar-refractivity contribution in [2.45, 2.75) is 39.7 Å². The molecule has 0 unspecified atom stereocenters. The van der Waals surface area contributed by atoms with E-state index in [4.69, 9.17) is 25.5 Å². The number of rotatable bonds is 12. The van der Waals surface area contributed by atoms with Crippen molar-refractivity contribution in [1.82, 2.24) is 0 Å². The predicted molar refractivity (Wildman–Crippen MR) is 175 cm³/mol. The van der Waals surface area contributed by atoms with E-state index in [1.54, 1.807) is 14.0 Å². The number of thiophene rings is 1. The molecule has 7 nitrogen and oxygen atoms in total.